The fraction of sp³-hybridized carbons (Fsp3) is 0.500. The van der Waals surface area contributed by atoms with Crippen LogP contribution < -0.4 is 11.1 Å². The first-order chi connectivity index (χ1) is 10.3. The van der Waals surface area contributed by atoms with E-state index in [0.29, 0.717) is 23.7 Å². The summed E-state index contributed by atoms with van der Waals surface area (Å²) in [6, 6.07) is 8.51. The lowest BCUT2D eigenvalue weighted by Crippen LogP contribution is -2.36. The van der Waals surface area contributed by atoms with Gasteiger partial charge in [0.2, 0.25) is 0 Å². The quantitative estimate of drug-likeness (QED) is 0.903. The van der Waals surface area contributed by atoms with E-state index < -0.39 is 0 Å². The highest BCUT2D eigenvalue weighted by Crippen LogP contribution is 2.31. The van der Waals surface area contributed by atoms with Gasteiger partial charge in [-0.3, -0.25) is 0 Å². The third-order valence-corrected chi connectivity index (χ3v) is 4.24. The van der Waals surface area contributed by atoms with Crippen molar-refractivity contribution in [3.05, 3.63) is 30.1 Å². The number of nitrogens with zero attached hydrogens (tertiary/aromatic N) is 2. The number of nitrogens with two attached hydrogens (primary N) is 1. The van der Waals surface area contributed by atoms with Gasteiger partial charge in [-0.1, -0.05) is 30.1 Å². The molecule has 1 heterocycles. The fourth-order valence-electron chi connectivity index (χ4n) is 3.08. The smallest absolute Gasteiger partial charge is 0.260 e. The molecule has 1 aliphatic carbocycles. The first kappa shape index (κ1) is 14.1. The van der Waals surface area contributed by atoms with Crippen LogP contribution in [0.4, 0.5) is 5.69 Å². The van der Waals surface area contributed by atoms with Crippen LogP contribution in [-0.4, -0.2) is 22.7 Å². The zero-order valence-corrected chi connectivity index (χ0v) is 12.4. The Bertz CT molecular complexity index is 595. The maximum atomic E-state index is 5.92. The van der Waals surface area contributed by atoms with Gasteiger partial charge in [0.1, 0.15) is 0 Å². The number of benzene rings is 1. The minimum absolute atomic E-state index is 0.425. The predicted octanol–water partition coefficient (Wildman–Crippen LogP) is 2.97. The lowest BCUT2D eigenvalue weighted by Gasteiger charge is -2.32. The normalized spacial score (nSPS) is 22.2. The maximum Gasteiger partial charge on any atom is 0.260 e. The molecular formula is C16H22N4O. The molecule has 1 aromatic carbocycles. The van der Waals surface area contributed by atoms with E-state index in [0.717, 1.165) is 17.8 Å². The van der Waals surface area contributed by atoms with Crippen LogP contribution in [0.2, 0.25) is 0 Å². The number of hydrogen-bond acceptors (Lipinski definition) is 5. The van der Waals surface area contributed by atoms with Gasteiger partial charge in [0.25, 0.3) is 5.89 Å². The number of aromatic nitrogens is 2. The Morgan fingerprint density at radius 2 is 2.10 bits per heavy atom. The summed E-state index contributed by atoms with van der Waals surface area (Å²) in [4.78, 5) is 4.33. The molecule has 2 unspecified atom stereocenters. The molecule has 0 radical (unpaired) electrons. The second-order valence-electron chi connectivity index (χ2n) is 5.72. The van der Waals surface area contributed by atoms with Crippen molar-refractivity contribution >= 4 is 5.69 Å². The van der Waals surface area contributed by atoms with E-state index >= 15 is 0 Å². The maximum absolute atomic E-state index is 5.92. The van der Waals surface area contributed by atoms with Crippen molar-refractivity contribution in [2.45, 2.75) is 38.6 Å². The fourth-order valence-corrected chi connectivity index (χ4v) is 3.08. The highest BCUT2D eigenvalue weighted by atomic mass is 16.5. The zero-order valence-electron chi connectivity index (χ0n) is 12.4. The van der Waals surface area contributed by atoms with Crippen molar-refractivity contribution < 1.29 is 4.52 Å². The highest BCUT2D eigenvalue weighted by Gasteiger charge is 2.24. The molecule has 0 bridgehead atoms. The van der Waals surface area contributed by atoms with Crippen LogP contribution >= 0.6 is 0 Å². The van der Waals surface area contributed by atoms with Crippen molar-refractivity contribution in [1.29, 1.82) is 0 Å². The van der Waals surface area contributed by atoms with Gasteiger partial charge in [0.15, 0.2) is 5.82 Å². The first-order valence-corrected chi connectivity index (χ1v) is 7.64. The lowest BCUT2D eigenvalue weighted by molar-refractivity contribution is 0.332. The third kappa shape index (κ3) is 3.08. The van der Waals surface area contributed by atoms with Gasteiger partial charge < -0.3 is 15.6 Å². The second-order valence-corrected chi connectivity index (χ2v) is 5.72. The summed E-state index contributed by atoms with van der Waals surface area (Å²) in [5.74, 6) is 1.75. The molecule has 3 rings (SSSR count). The zero-order chi connectivity index (χ0) is 14.7. The molecule has 5 nitrogen and oxygen atoms in total. The second kappa shape index (κ2) is 6.26. The van der Waals surface area contributed by atoms with E-state index in [1.165, 1.54) is 25.7 Å². The molecular weight excluding hydrogens is 264 g/mol. The lowest BCUT2D eigenvalue weighted by atomic mass is 9.84. The Balaban J connectivity index is 1.85. The Kier molecular flexibility index (Phi) is 4.20. The van der Waals surface area contributed by atoms with E-state index in [1.54, 1.807) is 0 Å². The van der Waals surface area contributed by atoms with E-state index in [1.807, 2.05) is 25.1 Å². The van der Waals surface area contributed by atoms with Crippen molar-refractivity contribution in [2.75, 3.05) is 11.9 Å². The van der Waals surface area contributed by atoms with Crippen molar-refractivity contribution in [1.82, 2.24) is 10.1 Å². The molecule has 2 aromatic rings. The van der Waals surface area contributed by atoms with Crippen molar-refractivity contribution in [3.8, 4) is 11.5 Å². The van der Waals surface area contributed by atoms with Gasteiger partial charge in [-0.25, -0.2) is 0 Å². The van der Waals surface area contributed by atoms with Crippen LogP contribution in [0.3, 0.4) is 0 Å². The highest BCUT2D eigenvalue weighted by molar-refractivity contribution is 5.72. The van der Waals surface area contributed by atoms with E-state index in [9.17, 15) is 0 Å². The largest absolute Gasteiger partial charge is 0.381 e. The van der Waals surface area contributed by atoms with Crippen LogP contribution in [0.5, 0.6) is 0 Å². The number of hydrogen-bond donors (Lipinski definition) is 2. The Labute approximate surface area is 124 Å². The molecule has 0 amide bonds. The number of aryl methyl sites for hydroxylation is 1. The topological polar surface area (TPSA) is 77.0 Å². The minimum atomic E-state index is 0.425. The van der Waals surface area contributed by atoms with Gasteiger partial charge in [-0.15, -0.1) is 0 Å². The molecule has 21 heavy (non-hydrogen) atoms. The first-order valence-electron chi connectivity index (χ1n) is 7.64. The SMILES string of the molecule is Cc1noc(-c2ccccc2NC2CCCCC2CN)n1. The molecule has 5 heteroatoms. The minimum Gasteiger partial charge on any atom is -0.381 e. The number of para-hydroxylation sites is 1. The van der Waals surface area contributed by atoms with Crippen molar-refractivity contribution in [3.63, 3.8) is 0 Å². The van der Waals surface area contributed by atoms with Crippen LogP contribution in [-0.2, 0) is 0 Å². The summed E-state index contributed by atoms with van der Waals surface area (Å²) in [6.07, 6.45) is 4.91. The number of anilines is 1. The van der Waals surface area contributed by atoms with Gasteiger partial charge in [0.05, 0.1) is 5.56 Å². The van der Waals surface area contributed by atoms with E-state index in [4.69, 9.17) is 10.3 Å². The predicted molar refractivity (Wildman–Crippen MR) is 82.9 cm³/mol. The Morgan fingerprint density at radius 1 is 1.29 bits per heavy atom. The summed E-state index contributed by atoms with van der Waals surface area (Å²) < 4.78 is 5.31. The summed E-state index contributed by atoms with van der Waals surface area (Å²) in [6.45, 7) is 2.56. The molecule has 1 saturated carbocycles. The third-order valence-electron chi connectivity index (χ3n) is 4.24. The molecule has 0 saturated heterocycles. The van der Waals surface area contributed by atoms with Gasteiger partial charge in [-0.05, 0) is 44.4 Å². The average Bonchev–Trinajstić information content (AvgIpc) is 2.95. The van der Waals surface area contributed by atoms with Crippen LogP contribution in [0.1, 0.15) is 31.5 Å². The number of rotatable bonds is 4. The summed E-state index contributed by atoms with van der Waals surface area (Å²) in [5.41, 5.74) is 7.92. The van der Waals surface area contributed by atoms with E-state index in [2.05, 4.69) is 21.5 Å². The molecule has 1 aliphatic rings. The van der Waals surface area contributed by atoms with Crippen molar-refractivity contribution in [2.24, 2.45) is 11.7 Å². The molecule has 1 fully saturated rings. The Morgan fingerprint density at radius 3 is 2.86 bits per heavy atom. The summed E-state index contributed by atoms with van der Waals surface area (Å²) in [7, 11) is 0. The molecule has 0 spiro atoms. The van der Waals surface area contributed by atoms with Gasteiger partial charge in [0, 0.05) is 11.7 Å². The molecule has 1 aromatic heterocycles. The molecule has 0 aliphatic heterocycles. The van der Waals surface area contributed by atoms with Crippen LogP contribution in [0.15, 0.2) is 28.8 Å². The van der Waals surface area contributed by atoms with Gasteiger partial charge in [-0.2, -0.15) is 4.98 Å². The van der Waals surface area contributed by atoms with Crippen LogP contribution in [0.25, 0.3) is 11.5 Å². The average molecular weight is 286 g/mol. The van der Waals surface area contributed by atoms with Gasteiger partial charge >= 0.3 is 0 Å². The molecule has 3 N–H and O–H groups in total. The summed E-state index contributed by atoms with van der Waals surface area (Å²) >= 11 is 0. The van der Waals surface area contributed by atoms with E-state index in [-0.39, 0.29) is 0 Å². The molecule has 112 valence electrons. The summed E-state index contributed by atoms with van der Waals surface area (Å²) in [5, 5.41) is 7.53. The Hall–Kier alpha value is -1.88. The van der Waals surface area contributed by atoms with Crippen LogP contribution in [0, 0.1) is 12.8 Å². The number of nitrogens with one attached hydrogen (secondary N) is 1. The molecule has 2 atom stereocenters. The monoisotopic (exact) mass is 286 g/mol. The standard InChI is InChI=1S/C16H22N4O/c1-11-18-16(21-20-11)13-7-3-5-9-15(13)19-14-8-4-2-6-12(14)10-17/h3,5,7,9,12,14,19H,2,4,6,8,10,17H2,1H3.